The molecule has 0 spiro atoms. The Balaban J connectivity index is 2.00. The zero-order chi connectivity index (χ0) is 15.2. The van der Waals surface area contributed by atoms with E-state index in [1.807, 2.05) is 55.6 Å². The molecule has 0 radical (unpaired) electrons. The van der Waals surface area contributed by atoms with Crippen molar-refractivity contribution < 1.29 is 9.53 Å². The molecular formula is C16H18N2O2S. The standard InChI is InChI=1S/C16H18N2O2S/c1-11-10-13(20-2)6-9-15(11)18-16(19)17-12-4-7-14(21-3)8-5-12/h4-10H,1-3H3,(H2,17,18,19). The maximum atomic E-state index is 12.0. The van der Waals surface area contributed by atoms with E-state index >= 15 is 0 Å². The molecule has 2 aromatic rings. The van der Waals surface area contributed by atoms with Crippen LogP contribution < -0.4 is 15.4 Å². The molecule has 0 bridgehead atoms. The van der Waals surface area contributed by atoms with Crippen molar-refractivity contribution in [3.63, 3.8) is 0 Å². The second kappa shape index (κ2) is 7.04. The molecule has 0 saturated carbocycles. The maximum Gasteiger partial charge on any atom is 0.323 e. The molecule has 110 valence electrons. The van der Waals surface area contributed by atoms with E-state index in [1.54, 1.807) is 18.9 Å². The lowest BCUT2D eigenvalue weighted by molar-refractivity contribution is 0.262. The predicted molar refractivity (Wildman–Crippen MR) is 88.6 cm³/mol. The van der Waals surface area contributed by atoms with E-state index < -0.39 is 0 Å². The number of benzene rings is 2. The van der Waals surface area contributed by atoms with Crippen LogP contribution in [0.5, 0.6) is 5.75 Å². The number of rotatable bonds is 4. The highest BCUT2D eigenvalue weighted by Crippen LogP contribution is 2.21. The lowest BCUT2D eigenvalue weighted by Gasteiger charge is -2.11. The number of nitrogens with one attached hydrogen (secondary N) is 2. The van der Waals surface area contributed by atoms with E-state index in [-0.39, 0.29) is 6.03 Å². The van der Waals surface area contributed by atoms with Gasteiger partial charge in [-0.05, 0) is 61.2 Å². The van der Waals surface area contributed by atoms with Gasteiger partial charge in [0.2, 0.25) is 0 Å². The van der Waals surface area contributed by atoms with Crippen LogP contribution in [0.25, 0.3) is 0 Å². The molecule has 0 aliphatic carbocycles. The Bertz CT molecular complexity index is 627. The highest BCUT2D eigenvalue weighted by molar-refractivity contribution is 7.98. The summed E-state index contributed by atoms with van der Waals surface area (Å²) in [6.45, 7) is 1.92. The Hall–Kier alpha value is -2.14. The van der Waals surface area contributed by atoms with Crippen LogP contribution in [0.15, 0.2) is 47.4 Å². The van der Waals surface area contributed by atoms with Crippen molar-refractivity contribution in [3.8, 4) is 5.75 Å². The number of methoxy groups -OCH3 is 1. The Morgan fingerprint density at radius 2 is 1.81 bits per heavy atom. The predicted octanol–water partition coefficient (Wildman–Crippen LogP) is 4.37. The zero-order valence-electron chi connectivity index (χ0n) is 12.3. The topological polar surface area (TPSA) is 50.4 Å². The fourth-order valence-corrected chi connectivity index (χ4v) is 2.27. The number of anilines is 2. The third-order valence-electron chi connectivity index (χ3n) is 3.03. The Morgan fingerprint density at radius 3 is 2.38 bits per heavy atom. The van der Waals surface area contributed by atoms with Crippen molar-refractivity contribution in [1.29, 1.82) is 0 Å². The summed E-state index contributed by atoms with van der Waals surface area (Å²) >= 11 is 1.66. The van der Waals surface area contributed by atoms with Crippen molar-refractivity contribution in [1.82, 2.24) is 0 Å². The molecule has 2 amide bonds. The monoisotopic (exact) mass is 302 g/mol. The molecule has 21 heavy (non-hydrogen) atoms. The van der Waals surface area contributed by atoms with E-state index in [1.165, 1.54) is 0 Å². The zero-order valence-corrected chi connectivity index (χ0v) is 13.1. The first-order valence-electron chi connectivity index (χ1n) is 6.49. The first-order chi connectivity index (χ1) is 10.1. The van der Waals surface area contributed by atoms with E-state index in [9.17, 15) is 4.79 Å². The minimum atomic E-state index is -0.264. The van der Waals surface area contributed by atoms with Gasteiger partial charge in [-0.3, -0.25) is 0 Å². The fourth-order valence-electron chi connectivity index (χ4n) is 1.86. The first kappa shape index (κ1) is 15.3. The van der Waals surface area contributed by atoms with Crippen molar-refractivity contribution >= 4 is 29.2 Å². The summed E-state index contributed by atoms with van der Waals surface area (Å²) in [5.41, 5.74) is 2.47. The normalized spacial score (nSPS) is 10.0. The molecule has 0 fully saturated rings. The van der Waals surface area contributed by atoms with Crippen LogP contribution in [0, 0.1) is 6.92 Å². The SMILES string of the molecule is COc1ccc(NC(=O)Nc2ccc(SC)cc2)c(C)c1. The molecular weight excluding hydrogens is 284 g/mol. The molecule has 0 saturated heterocycles. The molecule has 4 nitrogen and oxygen atoms in total. The molecule has 0 unspecified atom stereocenters. The van der Waals surface area contributed by atoms with Crippen molar-refractivity contribution in [2.24, 2.45) is 0 Å². The van der Waals surface area contributed by atoms with Crippen LogP contribution in [0.4, 0.5) is 16.2 Å². The van der Waals surface area contributed by atoms with Crippen molar-refractivity contribution in [3.05, 3.63) is 48.0 Å². The number of hydrogen-bond acceptors (Lipinski definition) is 3. The number of thioether (sulfide) groups is 1. The molecule has 0 atom stereocenters. The van der Waals surface area contributed by atoms with Gasteiger partial charge in [0.25, 0.3) is 0 Å². The summed E-state index contributed by atoms with van der Waals surface area (Å²) in [6, 6.07) is 13.0. The van der Waals surface area contributed by atoms with Crippen LogP contribution in [0.3, 0.4) is 0 Å². The van der Waals surface area contributed by atoms with E-state index in [0.717, 1.165) is 27.6 Å². The third-order valence-corrected chi connectivity index (χ3v) is 3.77. The number of urea groups is 1. The number of carbonyl (C=O) groups excluding carboxylic acids is 1. The van der Waals surface area contributed by atoms with Gasteiger partial charge < -0.3 is 15.4 Å². The number of aryl methyl sites for hydroxylation is 1. The van der Waals surface area contributed by atoms with Crippen LogP contribution in [0.1, 0.15) is 5.56 Å². The third kappa shape index (κ3) is 4.16. The molecule has 0 aromatic heterocycles. The Labute approximate surface area is 128 Å². The highest BCUT2D eigenvalue weighted by atomic mass is 32.2. The van der Waals surface area contributed by atoms with Gasteiger partial charge in [-0.25, -0.2) is 4.79 Å². The molecule has 2 rings (SSSR count). The molecule has 2 aromatic carbocycles. The largest absolute Gasteiger partial charge is 0.497 e. The average Bonchev–Trinajstić information content (AvgIpc) is 2.50. The van der Waals surface area contributed by atoms with Gasteiger partial charge in [-0.1, -0.05) is 0 Å². The number of carbonyl (C=O) groups is 1. The second-order valence-electron chi connectivity index (χ2n) is 4.49. The van der Waals surface area contributed by atoms with Gasteiger partial charge in [0.05, 0.1) is 7.11 Å². The highest BCUT2D eigenvalue weighted by Gasteiger charge is 2.06. The molecule has 0 heterocycles. The number of hydrogen-bond donors (Lipinski definition) is 2. The first-order valence-corrected chi connectivity index (χ1v) is 7.71. The van der Waals surface area contributed by atoms with E-state index in [2.05, 4.69) is 10.6 Å². The maximum absolute atomic E-state index is 12.0. The average molecular weight is 302 g/mol. The second-order valence-corrected chi connectivity index (χ2v) is 5.37. The molecule has 0 aliphatic heterocycles. The number of ether oxygens (including phenoxy) is 1. The smallest absolute Gasteiger partial charge is 0.323 e. The fraction of sp³-hybridized carbons (Fsp3) is 0.188. The summed E-state index contributed by atoms with van der Waals surface area (Å²) in [5.74, 6) is 0.770. The minimum absolute atomic E-state index is 0.264. The molecule has 0 aliphatic rings. The lowest BCUT2D eigenvalue weighted by Crippen LogP contribution is -2.19. The van der Waals surface area contributed by atoms with Crippen LogP contribution in [-0.4, -0.2) is 19.4 Å². The minimum Gasteiger partial charge on any atom is -0.497 e. The Morgan fingerprint density at radius 1 is 1.10 bits per heavy atom. The summed E-state index contributed by atoms with van der Waals surface area (Å²) in [6.07, 6.45) is 2.02. The summed E-state index contributed by atoms with van der Waals surface area (Å²) < 4.78 is 5.14. The summed E-state index contributed by atoms with van der Waals surface area (Å²) in [4.78, 5) is 13.1. The van der Waals surface area contributed by atoms with Gasteiger partial charge >= 0.3 is 6.03 Å². The quantitative estimate of drug-likeness (QED) is 0.825. The summed E-state index contributed by atoms with van der Waals surface area (Å²) in [7, 11) is 1.62. The van der Waals surface area contributed by atoms with Crippen LogP contribution >= 0.6 is 11.8 Å². The van der Waals surface area contributed by atoms with Crippen molar-refractivity contribution in [2.75, 3.05) is 24.0 Å². The summed E-state index contributed by atoms with van der Waals surface area (Å²) in [5, 5.41) is 5.63. The van der Waals surface area contributed by atoms with E-state index in [0.29, 0.717) is 0 Å². The lowest BCUT2D eigenvalue weighted by atomic mass is 10.2. The van der Waals surface area contributed by atoms with Gasteiger partial charge in [0.1, 0.15) is 5.75 Å². The number of amides is 2. The van der Waals surface area contributed by atoms with Gasteiger partial charge in [0, 0.05) is 16.3 Å². The van der Waals surface area contributed by atoms with Gasteiger partial charge in [-0.15, -0.1) is 11.8 Å². The molecule has 2 N–H and O–H groups in total. The molecule has 5 heteroatoms. The van der Waals surface area contributed by atoms with Crippen LogP contribution in [-0.2, 0) is 0 Å². The van der Waals surface area contributed by atoms with Gasteiger partial charge in [0.15, 0.2) is 0 Å². The van der Waals surface area contributed by atoms with E-state index in [4.69, 9.17) is 4.74 Å². The van der Waals surface area contributed by atoms with Gasteiger partial charge in [-0.2, -0.15) is 0 Å². The van der Waals surface area contributed by atoms with Crippen LogP contribution in [0.2, 0.25) is 0 Å². The Kier molecular flexibility index (Phi) is 5.11. The van der Waals surface area contributed by atoms with Crippen molar-refractivity contribution in [2.45, 2.75) is 11.8 Å².